The van der Waals surface area contributed by atoms with Crippen molar-refractivity contribution in [1.29, 1.82) is 0 Å². The van der Waals surface area contributed by atoms with E-state index in [2.05, 4.69) is 4.98 Å². The topological polar surface area (TPSA) is 63.3 Å². The normalized spacial score (nSPS) is 10.9. The fourth-order valence-corrected chi connectivity index (χ4v) is 2.17. The number of para-hydroxylation sites is 1. The van der Waals surface area contributed by atoms with E-state index >= 15 is 0 Å². The summed E-state index contributed by atoms with van der Waals surface area (Å²) in [7, 11) is 0. The third-order valence-electron chi connectivity index (χ3n) is 2.81. The molecule has 0 aliphatic carbocycles. The Hall–Kier alpha value is -2.04. The summed E-state index contributed by atoms with van der Waals surface area (Å²) in [6.45, 7) is 0. The van der Waals surface area contributed by atoms with Crippen molar-refractivity contribution in [2.75, 3.05) is 0 Å². The van der Waals surface area contributed by atoms with Gasteiger partial charge in [-0.25, -0.2) is 9.78 Å². The summed E-state index contributed by atoms with van der Waals surface area (Å²) >= 11 is 11.8. The van der Waals surface area contributed by atoms with Crippen molar-refractivity contribution in [3.8, 4) is 11.5 Å². The number of oxazole rings is 1. The zero-order chi connectivity index (χ0) is 14.3. The molecule has 0 saturated carbocycles. The largest absolute Gasteiger partial charge is 0.478 e. The van der Waals surface area contributed by atoms with E-state index in [1.54, 1.807) is 30.3 Å². The van der Waals surface area contributed by atoms with Gasteiger partial charge in [0, 0.05) is 5.56 Å². The number of carbonyl (C=O) groups is 1. The van der Waals surface area contributed by atoms with Crippen LogP contribution in [0.25, 0.3) is 22.6 Å². The summed E-state index contributed by atoms with van der Waals surface area (Å²) in [6, 6.07) is 9.73. The van der Waals surface area contributed by atoms with Crippen LogP contribution in [0.15, 0.2) is 40.8 Å². The molecule has 6 heteroatoms. The van der Waals surface area contributed by atoms with Gasteiger partial charge in [0.15, 0.2) is 5.58 Å². The minimum absolute atomic E-state index is 0.0707. The number of nitrogens with zero attached hydrogens (tertiary/aromatic N) is 1. The Morgan fingerprint density at radius 1 is 1.15 bits per heavy atom. The van der Waals surface area contributed by atoms with E-state index in [9.17, 15) is 4.79 Å². The lowest BCUT2D eigenvalue weighted by Crippen LogP contribution is -1.95. The van der Waals surface area contributed by atoms with Gasteiger partial charge in [-0.3, -0.25) is 0 Å². The second kappa shape index (κ2) is 4.81. The number of rotatable bonds is 2. The van der Waals surface area contributed by atoms with E-state index in [0.29, 0.717) is 27.0 Å². The number of aromatic nitrogens is 1. The maximum atomic E-state index is 11.1. The molecule has 0 atom stereocenters. The fraction of sp³-hybridized carbons (Fsp3) is 0. The SMILES string of the molecule is O=C(O)c1cccc2nc(-c3ccc(Cl)c(Cl)c3)oc12. The maximum Gasteiger partial charge on any atom is 0.339 e. The van der Waals surface area contributed by atoms with Gasteiger partial charge in [-0.05, 0) is 30.3 Å². The highest BCUT2D eigenvalue weighted by molar-refractivity contribution is 6.42. The molecule has 0 unspecified atom stereocenters. The molecular formula is C14H7Cl2NO3. The summed E-state index contributed by atoms with van der Waals surface area (Å²) in [5.41, 5.74) is 1.42. The lowest BCUT2D eigenvalue weighted by atomic mass is 10.2. The van der Waals surface area contributed by atoms with Crippen LogP contribution in [0.3, 0.4) is 0 Å². The van der Waals surface area contributed by atoms with Crippen LogP contribution in [0.4, 0.5) is 0 Å². The minimum atomic E-state index is -1.06. The average molecular weight is 308 g/mol. The Balaban J connectivity index is 2.20. The molecule has 1 N–H and O–H groups in total. The molecule has 20 heavy (non-hydrogen) atoms. The van der Waals surface area contributed by atoms with Gasteiger partial charge in [0.1, 0.15) is 11.1 Å². The van der Waals surface area contributed by atoms with Gasteiger partial charge in [-0.15, -0.1) is 0 Å². The van der Waals surface area contributed by atoms with Gasteiger partial charge < -0.3 is 9.52 Å². The van der Waals surface area contributed by atoms with Crippen LogP contribution in [-0.2, 0) is 0 Å². The Bertz CT molecular complexity index is 826. The lowest BCUT2D eigenvalue weighted by molar-refractivity contribution is 0.0698. The third kappa shape index (κ3) is 2.13. The van der Waals surface area contributed by atoms with Gasteiger partial charge in [-0.1, -0.05) is 29.3 Å². The highest BCUT2D eigenvalue weighted by atomic mass is 35.5. The van der Waals surface area contributed by atoms with Gasteiger partial charge >= 0.3 is 5.97 Å². The second-order valence-corrected chi connectivity index (χ2v) is 4.92. The van der Waals surface area contributed by atoms with Crippen LogP contribution in [0.2, 0.25) is 10.0 Å². The molecule has 4 nitrogen and oxygen atoms in total. The van der Waals surface area contributed by atoms with Crippen LogP contribution in [-0.4, -0.2) is 16.1 Å². The summed E-state index contributed by atoms with van der Waals surface area (Å²) in [6.07, 6.45) is 0. The molecule has 2 aromatic carbocycles. The highest BCUT2D eigenvalue weighted by Crippen LogP contribution is 2.31. The summed E-state index contributed by atoms with van der Waals surface area (Å²) in [5.74, 6) is -0.764. The standard InChI is InChI=1S/C14H7Cl2NO3/c15-9-5-4-7(6-10(9)16)13-17-11-3-1-2-8(14(18)19)12(11)20-13/h1-6H,(H,18,19). The molecule has 0 amide bonds. The van der Waals surface area contributed by atoms with Crippen LogP contribution in [0.1, 0.15) is 10.4 Å². The predicted molar refractivity (Wildman–Crippen MR) is 76.4 cm³/mol. The van der Waals surface area contributed by atoms with Gasteiger partial charge in [0.05, 0.1) is 10.0 Å². The molecule has 0 fully saturated rings. The van der Waals surface area contributed by atoms with Crippen molar-refractivity contribution < 1.29 is 14.3 Å². The maximum absolute atomic E-state index is 11.1. The molecule has 100 valence electrons. The lowest BCUT2D eigenvalue weighted by Gasteiger charge is -1.98. The molecule has 0 aliphatic heterocycles. The smallest absolute Gasteiger partial charge is 0.339 e. The molecule has 0 bridgehead atoms. The van der Waals surface area contributed by atoms with E-state index in [1.165, 1.54) is 6.07 Å². The summed E-state index contributed by atoms with van der Waals surface area (Å²) in [5, 5.41) is 9.92. The number of carboxylic acid groups (broad SMARTS) is 1. The van der Waals surface area contributed by atoms with E-state index in [4.69, 9.17) is 32.7 Å². The van der Waals surface area contributed by atoms with Crippen molar-refractivity contribution in [2.24, 2.45) is 0 Å². The van der Waals surface area contributed by atoms with Gasteiger partial charge in [0.2, 0.25) is 5.89 Å². The molecule has 0 aliphatic rings. The fourth-order valence-electron chi connectivity index (χ4n) is 1.87. The number of fused-ring (bicyclic) bond motifs is 1. The number of aromatic carboxylic acids is 1. The van der Waals surface area contributed by atoms with Crippen LogP contribution < -0.4 is 0 Å². The first-order chi connectivity index (χ1) is 9.56. The number of hydrogen-bond acceptors (Lipinski definition) is 3. The molecule has 1 aromatic heterocycles. The Morgan fingerprint density at radius 2 is 1.95 bits per heavy atom. The van der Waals surface area contributed by atoms with Crippen LogP contribution >= 0.6 is 23.2 Å². The van der Waals surface area contributed by atoms with E-state index in [1.807, 2.05) is 0 Å². The number of carboxylic acids is 1. The summed E-state index contributed by atoms with van der Waals surface area (Å²) in [4.78, 5) is 15.4. The minimum Gasteiger partial charge on any atom is -0.478 e. The first-order valence-corrected chi connectivity index (χ1v) is 6.40. The molecule has 3 aromatic rings. The van der Waals surface area contributed by atoms with E-state index < -0.39 is 5.97 Å². The Kier molecular flexibility index (Phi) is 3.12. The molecule has 0 saturated heterocycles. The predicted octanol–water partition coefficient (Wildman–Crippen LogP) is 4.50. The number of hydrogen-bond donors (Lipinski definition) is 1. The van der Waals surface area contributed by atoms with Crippen molar-refractivity contribution in [3.05, 3.63) is 52.0 Å². The zero-order valence-corrected chi connectivity index (χ0v) is 11.4. The monoisotopic (exact) mass is 307 g/mol. The Morgan fingerprint density at radius 3 is 2.65 bits per heavy atom. The molecule has 1 heterocycles. The number of benzene rings is 2. The molecular weight excluding hydrogens is 301 g/mol. The van der Waals surface area contributed by atoms with Crippen molar-refractivity contribution in [2.45, 2.75) is 0 Å². The average Bonchev–Trinajstić information content (AvgIpc) is 2.85. The summed E-state index contributed by atoms with van der Waals surface area (Å²) < 4.78 is 5.55. The highest BCUT2D eigenvalue weighted by Gasteiger charge is 2.15. The quantitative estimate of drug-likeness (QED) is 0.757. The second-order valence-electron chi connectivity index (χ2n) is 4.11. The third-order valence-corrected chi connectivity index (χ3v) is 3.55. The van der Waals surface area contributed by atoms with Gasteiger partial charge in [-0.2, -0.15) is 0 Å². The molecule has 3 rings (SSSR count). The Labute approximate surface area is 123 Å². The molecule has 0 radical (unpaired) electrons. The first-order valence-electron chi connectivity index (χ1n) is 5.64. The molecule has 0 spiro atoms. The van der Waals surface area contributed by atoms with Crippen molar-refractivity contribution in [3.63, 3.8) is 0 Å². The van der Waals surface area contributed by atoms with Crippen molar-refractivity contribution >= 4 is 40.3 Å². The number of halogens is 2. The van der Waals surface area contributed by atoms with E-state index in [0.717, 1.165) is 0 Å². The van der Waals surface area contributed by atoms with Gasteiger partial charge in [0.25, 0.3) is 0 Å². The first kappa shape index (κ1) is 13.0. The van der Waals surface area contributed by atoms with Crippen molar-refractivity contribution in [1.82, 2.24) is 4.98 Å². The van der Waals surface area contributed by atoms with Crippen LogP contribution in [0, 0.1) is 0 Å². The van der Waals surface area contributed by atoms with E-state index in [-0.39, 0.29) is 11.1 Å². The van der Waals surface area contributed by atoms with Crippen LogP contribution in [0.5, 0.6) is 0 Å². The zero-order valence-electron chi connectivity index (χ0n) is 9.93.